The van der Waals surface area contributed by atoms with E-state index in [0.717, 1.165) is 21.3 Å². The maximum atomic E-state index is 6.17. The molecule has 0 aromatic heterocycles. The van der Waals surface area contributed by atoms with Crippen LogP contribution in [0.1, 0.15) is 18.1 Å². The Morgan fingerprint density at radius 3 is 2.57 bits per heavy atom. The molecule has 1 aliphatic heterocycles. The number of benzene rings is 2. The van der Waals surface area contributed by atoms with Crippen molar-refractivity contribution in [1.82, 2.24) is 0 Å². The van der Waals surface area contributed by atoms with E-state index in [9.17, 15) is 0 Å². The summed E-state index contributed by atoms with van der Waals surface area (Å²) in [5.74, 6) is 0.614. The van der Waals surface area contributed by atoms with Gasteiger partial charge >= 0.3 is 0 Å². The first-order valence-electron chi connectivity index (χ1n) is 6.41. The third-order valence-electron chi connectivity index (χ3n) is 3.42. The number of nitrogens with zero attached hydrogens (tertiary/aromatic N) is 1. The molecule has 0 N–H and O–H groups in total. The molecule has 0 aliphatic carbocycles. The zero-order chi connectivity index (χ0) is 15.0. The van der Waals surface area contributed by atoms with Gasteiger partial charge in [0.1, 0.15) is 5.60 Å². The summed E-state index contributed by atoms with van der Waals surface area (Å²) in [7, 11) is 0. The zero-order valence-corrected chi connectivity index (χ0v) is 15.2. The molecule has 0 radical (unpaired) electrons. The van der Waals surface area contributed by atoms with Crippen molar-refractivity contribution in [3.05, 3.63) is 63.1 Å². The zero-order valence-electron chi connectivity index (χ0n) is 11.2. The minimum Gasteiger partial charge on any atom is -0.465 e. The summed E-state index contributed by atoms with van der Waals surface area (Å²) < 4.78 is 7.19. The van der Waals surface area contributed by atoms with E-state index in [0.29, 0.717) is 16.3 Å². The van der Waals surface area contributed by atoms with Crippen molar-refractivity contribution in [2.75, 3.05) is 5.33 Å². The van der Waals surface area contributed by atoms with Crippen molar-refractivity contribution in [2.45, 2.75) is 12.5 Å². The molecule has 0 bridgehead atoms. The molecular weight excluding hydrogens is 417 g/mol. The highest BCUT2D eigenvalue weighted by Crippen LogP contribution is 2.41. The lowest BCUT2D eigenvalue weighted by Gasteiger charge is -2.34. The number of hydrogen-bond donors (Lipinski definition) is 0. The van der Waals surface area contributed by atoms with Crippen LogP contribution in [0.5, 0.6) is 0 Å². The van der Waals surface area contributed by atoms with Crippen LogP contribution in [0.25, 0.3) is 0 Å². The topological polar surface area (TPSA) is 21.6 Å². The van der Waals surface area contributed by atoms with Gasteiger partial charge in [-0.05, 0) is 49.4 Å². The van der Waals surface area contributed by atoms with Gasteiger partial charge in [-0.2, -0.15) is 0 Å². The fraction of sp³-hybridized carbons (Fsp3) is 0.188. The Kier molecular flexibility index (Phi) is 4.12. The molecule has 0 saturated heterocycles. The molecule has 0 amide bonds. The normalized spacial score (nSPS) is 20.5. The van der Waals surface area contributed by atoms with Crippen LogP contribution in [0.2, 0.25) is 5.02 Å². The molecule has 0 spiro atoms. The summed E-state index contributed by atoms with van der Waals surface area (Å²) in [4.78, 5) is 4.64. The van der Waals surface area contributed by atoms with Crippen molar-refractivity contribution >= 4 is 55.0 Å². The Morgan fingerprint density at radius 1 is 1.19 bits per heavy atom. The summed E-state index contributed by atoms with van der Waals surface area (Å²) in [6, 6.07) is 13.6. The molecule has 108 valence electrons. The molecule has 1 unspecified atom stereocenters. The SMILES string of the molecule is CC1(CBr)OC(c2ccc(Cl)cc2)=Nc2ccc(Br)cc21. The van der Waals surface area contributed by atoms with E-state index in [1.54, 1.807) is 0 Å². The number of rotatable bonds is 2. The van der Waals surface area contributed by atoms with Gasteiger partial charge in [-0.1, -0.05) is 43.5 Å². The van der Waals surface area contributed by atoms with E-state index < -0.39 is 5.60 Å². The molecule has 0 fully saturated rings. The monoisotopic (exact) mass is 427 g/mol. The molecule has 3 rings (SSSR count). The van der Waals surface area contributed by atoms with Crippen LogP contribution in [-0.4, -0.2) is 11.2 Å². The second-order valence-corrected chi connectivity index (χ2v) is 6.96. The second-order valence-electron chi connectivity index (χ2n) is 5.05. The first kappa shape index (κ1) is 15.1. The van der Waals surface area contributed by atoms with E-state index in [1.807, 2.05) is 36.4 Å². The lowest BCUT2D eigenvalue weighted by molar-refractivity contribution is 0.0979. The largest absolute Gasteiger partial charge is 0.465 e. The van der Waals surface area contributed by atoms with E-state index in [2.05, 4.69) is 49.8 Å². The van der Waals surface area contributed by atoms with E-state index in [1.165, 1.54) is 0 Å². The first-order valence-corrected chi connectivity index (χ1v) is 8.71. The second kappa shape index (κ2) is 5.75. The summed E-state index contributed by atoms with van der Waals surface area (Å²) >= 11 is 13.0. The van der Waals surface area contributed by atoms with Crippen LogP contribution < -0.4 is 0 Å². The van der Waals surface area contributed by atoms with E-state index in [4.69, 9.17) is 16.3 Å². The minimum absolute atomic E-state index is 0.462. The Labute approximate surface area is 145 Å². The molecule has 2 nitrogen and oxygen atoms in total. The van der Waals surface area contributed by atoms with E-state index in [-0.39, 0.29) is 0 Å². The van der Waals surface area contributed by atoms with Gasteiger partial charge < -0.3 is 4.74 Å². The molecule has 5 heteroatoms. The lowest BCUT2D eigenvalue weighted by atomic mass is 9.94. The molecule has 1 atom stereocenters. The third-order valence-corrected chi connectivity index (χ3v) is 5.23. The Hall–Kier alpha value is -0.840. The number of ether oxygens (including phenoxy) is 1. The van der Waals surface area contributed by atoms with Crippen LogP contribution >= 0.6 is 43.5 Å². The summed E-state index contributed by atoms with van der Waals surface area (Å²) in [5, 5.41) is 1.37. The highest BCUT2D eigenvalue weighted by Gasteiger charge is 2.35. The molecular formula is C16H12Br2ClNO. The average molecular weight is 430 g/mol. The highest BCUT2D eigenvalue weighted by molar-refractivity contribution is 9.10. The third kappa shape index (κ3) is 2.89. The highest BCUT2D eigenvalue weighted by atomic mass is 79.9. The van der Waals surface area contributed by atoms with Crippen LogP contribution in [-0.2, 0) is 10.3 Å². The molecule has 2 aromatic rings. The Balaban J connectivity index is 2.13. The van der Waals surface area contributed by atoms with Crippen molar-refractivity contribution in [1.29, 1.82) is 0 Å². The van der Waals surface area contributed by atoms with Gasteiger partial charge in [0.05, 0.1) is 5.69 Å². The summed E-state index contributed by atoms with van der Waals surface area (Å²) in [6.07, 6.45) is 0. The standard InChI is InChI=1S/C16H12Br2ClNO/c1-16(9-17)13-8-11(18)4-7-14(13)20-15(21-16)10-2-5-12(19)6-3-10/h2-8H,9H2,1H3. The molecule has 21 heavy (non-hydrogen) atoms. The van der Waals surface area contributed by atoms with Gasteiger partial charge in [0.2, 0.25) is 5.90 Å². The van der Waals surface area contributed by atoms with Crippen LogP contribution in [0, 0.1) is 0 Å². The maximum absolute atomic E-state index is 6.17. The van der Waals surface area contributed by atoms with Crippen molar-refractivity contribution < 1.29 is 4.74 Å². The van der Waals surface area contributed by atoms with Crippen LogP contribution in [0.15, 0.2) is 51.9 Å². The average Bonchev–Trinajstić information content (AvgIpc) is 2.48. The molecule has 0 saturated carbocycles. The van der Waals surface area contributed by atoms with Crippen molar-refractivity contribution in [3.8, 4) is 0 Å². The van der Waals surface area contributed by atoms with E-state index >= 15 is 0 Å². The van der Waals surface area contributed by atoms with Gasteiger partial charge in [0.25, 0.3) is 0 Å². The lowest BCUT2D eigenvalue weighted by Crippen LogP contribution is -2.34. The van der Waals surface area contributed by atoms with Crippen LogP contribution in [0.3, 0.4) is 0 Å². The van der Waals surface area contributed by atoms with Gasteiger partial charge in [-0.3, -0.25) is 0 Å². The van der Waals surface area contributed by atoms with Gasteiger partial charge in [0, 0.05) is 26.0 Å². The fourth-order valence-corrected chi connectivity index (χ4v) is 3.15. The number of aliphatic imine (C=N–C) groups is 1. The fourth-order valence-electron chi connectivity index (χ4n) is 2.25. The van der Waals surface area contributed by atoms with Crippen molar-refractivity contribution in [3.63, 3.8) is 0 Å². The summed E-state index contributed by atoms with van der Waals surface area (Å²) in [5.41, 5.74) is 2.44. The molecule has 1 aliphatic rings. The number of hydrogen-bond acceptors (Lipinski definition) is 2. The smallest absolute Gasteiger partial charge is 0.222 e. The molecule has 2 aromatic carbocycles. The maximum Gasteiger partial charge on any atom is 0.222 e. The van der Waals surface area contributed by atoms with Gasteiger partial charge in [-0.25, -0.2) is 4.99 Å². The first-order chi connectivity index (χ1) is 10.0. The predicted molar refractivity (Wildman–Crippen MR) is 94.0 cm³/mol. The Morgan fingerprint density at radius 2 is 1.90 bits per heavy atom. The number of halogens is 3. The van der Waals surface area contributed by atoms with Gasteiger partial charge in [0.15, 0.2) is 0 Å². The van der Waals surface area contributed by atoms with Crippen molar-refractivity contribution in [2.24, 2.45) is 4.99 Å². The molecule has 1 heterocycles. The van der Waals surface area contributed by atoms with Crippen LogP contribution in [0.4, 0.5) is 5.69 Å². The number of fused-ring (bicyclic) bond motifs is 1. The predicted octanol–water partition coefficient (Wildman–Crippen LogP) is 5.82. The summed E-state index contributed by atoms with van der Waals surface area (Å²) in [6.45, 7) is 2.05. The van der Waals surface area contributed by atoms with Gasteiger partial charge in [-0.15, -0.1) is 0 Å². The quantitative estimate of drug-likeness (QED) is 0.551. The minimum atomic E-state index is -0.462. The Bertz CT molecular complexity index is 715. The number of alkyl halides is 1.